The SMILES string of the molecule is C1=CC2(CCNC2)Oc2cccc(OCCc3ccccc3)c21. The number of nitrogens with one attached hydrogen (secondary N) is 1. The van der Waals surface area contributed by atoms with Crippen molar-refractivity contribution in [3.8, 4) is 11.5 Å². The van der Waals surface area contributed by atoms with Crippen molar-refractivity contribution >= 4 is 6.08 Å². The Hall–Kier alpha value is -2.26. The van der Waals surface area contributed by atoms with Crippen molar-refractivity contribution < 1.29 is 9.47 Å². The van der Waals surface area contributed by atoms with Crippen LogP contribution in [0.5, 0.6) is 11.5 Å². The number of hydrogen-bond donors (Lipinski definition) is 1. The Kier molecular flexibility index (Phi) is 3.80. The Morgan fingerprint density at radius 3 is 2.83 bits per heavy atom. The van der Waals surface area contributed by atoms with Gasteiger partial charge in [-0.25, -0.2) is 0 Å². The summed E-state index contributed by atoms with van der Waals surface area (Å²) in [5.41, 5.74) is 2.17. The molecule has 0 aliphatic carbocycles. The van der Waals surface area contributed by atoms with Crippen molar-refractivity contribution in [2.75, 3.05) is 19.7 Å². The summed E-state index contributed by atoms with van der Waals surface area (Å²) in [6.07, 6.45) is 6.26. The second-order valence-corrected chi connectivity index (χ2v) is 6.18. The molecule has 0 radical (unpaired) electrons. The van der Waals surface area contributed by atoms with Crippen molar-refractivity contribution in [1.82, 2.24) is 5.32 Å². The fourth-order valence-corrected chi connectivity index (χ4v) is 3.23. The Labute approximate surface area is 136 Å². The minimum Gasteiger partial charge on any atom is -0.492 e. The van der Waals surface area contributed by atoms with Crippen LogP contribution in [0.3, 0.4) is 0 Å². The summed E-state index contributed by atoms with van der Waals surface area (Å²) < 4.78 is 12.3. The van der Waals surface area contributed by atoms with E-state index in [1.807, 2.05) is 24.3 Å². The topological polar surface area (TPSA) is 30.5 Å². The molecule has 1 N–H and O–H groups in total. The van der Waals surface area contributed by atoms with E-state index in [2.05, 4.69) is 41.7 Å². The molecule has 0 bridgehead atoms. The summed E-state index contributed by atoms with van der Waals surface area (Å²) in [6.45, 7) is 2.55. The summed E-state index contributed by atoms with van der Waals surface area (Å²) in [4.78, 5) is 0. The van der Waals surface area contributed by atoms with Gasteiger partial charge in [-0.1, -0.05) is 36.4 Å². The Balaban J connectivity index is 1.47. The highest BCUT2D eigenvalue weighted by atomic mass is 16.5. The zero-order chi connectivity index (χ0) is 15.5. The highest BCUT2D eigenvalue weighted by Crippen LogP contribution is 2.38. The maximum Gasteiger partial charge on any atom is 0.141 e. The number of benzene rings is 2. The first-order valence-electron chi connectivity index (χ1n) is 8.23. The summed E-state index contributed by atoms with van der Waals surface area (Å²) in [5.74, 6) is 1.82. The van der Waals surface area contributed by atoms with Crippen LogP contribution >= 0.6 is 0 Å². The molecular formula is C20H21NO2. The molecule has 3 nitrogen and oxygen atoms in total. The van der Waals surface area contributed by atoms with Crippen LogP contribution in [0.1, 0.15) is 17.5 Å². The zero-order valence-corrected chi connectivity index (χ0v) is 13.1. The first kappa shape index (κ1) is 14.3. The second-order valence-electron chi connectivity index (χ2n) is 6.18. The van der Waals surface area contributed by atoms with Crippen LogP contribution < -0.4 is 14.8 Å². The average Bonchev–Trinajstić information content (AvgIpc) is 3.03. The lowest BCUT2D eigenvalue weighted by molar-refractivity contribution is 0.138. The summed E-state index contributed by atoms with van der Waals surface area (Å²) in [7, 11) is 0. The van der Waals surface area contributed by atoms with Crippen molar-refractivity contribution in [3.05, 3.63) is 65.7 Å². The van der Waals surface area contributed by atoms with Gasteiger partial charge in [-0.05, 0) is 36.4 Å². The normalized spacial score (nSPS) is 21.9. The summed E-state index contributed by atoms with van der Waals surface area (Å²) in [6, 6.07) is 16.5. The number of fused-ring (bicyclic) bond motifs is 1. The van der Waals surface area contributed by atoms with Gasteiger partial charge in [0.15, 0.2) is 0 Å². The van der Waals surface area contributed by atoms with E-state index in [9.17, 15) is 0 Å². The zero-order valence-electron chi connectivity index (χ0n) is 13.1. The molecule has 1 spiro atoms. The van der Waals surface area contributed by atoms with Gasteiger partial charge in [0, 0.05) is 19.4 Å². The van der Waals surface area contributed by atoms with Gasteiger partial charge >= 0.3 is 0 Å². The molecule has 1 unspecified atom stereocenters. The van der Waals surface area contributed by atoms with Crippen LogP contribution in [-0.4, -0.2) is 25.3 Å². The van der Waals surface area contributed by atoms with Crippen LogP contribution in [0.25, 0.3) is 6.08 Å². The molecule has 1 atom stereocenters. The molecule has 1 saturated heterocycles. The van der Waals surface area contributed by atoms with Gasteiger partial charge in [-0.3, -0.25) is 0 Å². The largest absolute Gasteiger partial charge is 0.492 e. The Bertz CT molecular complexity index is 703. The van der Waals surface area contributed by atoms with E-state index >= 15 is 0 Å². The van der Waals surface area contributed by atoms with E-state index in [-0.39, 0.29) is 5.60 Å². The lowest BCUT2D eigenvalue weighted by Crippen LogP contribution is -2.37. The highest BCUT2D eigenvalue weighted by molar-refractivity contribution is 5.67. The van der Waals surface area contributed by atoms with Crippen LogP contribution in [0.4, 0.5) is 0 Å². The van der Waals surface area contributed by atoms with Crippen LogP contribution in [0.15, 0.2) is 54.6 Å². The molecule has 0 aromatic heterocycles. The number of ether oxygens (including phenoxy) is 2. The van der Waals surface area contributed by atoms with Crippen LogP contribution in [-0.2, 0) is 6.42 Å². The van der Waals surface area contributed by atoms with E-state index < -0.39 is 0 Å². The predicted octanol–water partition coefficient (Wildman–Crippen LogP) is 3.45. The average molecular weight is 307 g/mol. The molecular weight excluding hydrogens is 286 g/mol. The smallest absolute Gasteiger partial charge is 0.141 e. The van der Waals surface area contributed by atoms with Crippen molar-refractivity contribution in [3.63, 3.8) is 0 Å². The van der Waals surface area contributed by atoms with Crippen molar-refractivity contribution in [1.29, 1.82) is 0 Å². The minimum atomic E-state index is -0.171. The van der Waals surface area contributed by atoms with Crippen LogP contribution in [0, 0.1) is 0 Å². The molecule has 118 valence electrons. The quantitative estimate of drug-likeness (QED) is 0.938. The molecule has 0 saturated carbocycles. The third-order valence-corrected chi connectivity index (χ3v) is 4.53. The first-order valence-corrected chi connectivity index (χ1v) is 8.23. The van der Waals surface area contributed by atoms with Gasteiger partial charge in [-0.2, -0.15) is 0 Å². The monoisotopic (exact) mass is 307 g/mol. The maximum atomic E-state index is 6.26. The molecule has 4 rings (SSSR count). The third-order valence-electron chi connectivity index (χ3n) is 4.53. The third kappa shape index (κ3) is 2.97. The Morgan fingerprint density at radius 2 is 2.00 bits per heavy atom. The van der Waals surface area contributed by atoms with E-state index in [1.54, 1.807) is 0 Å². The molecule has 2 aliphatic rings. The number of rotatable bonds is 4. The summed E-state index contributed by atoms with van der Waals surface area (Å²) in [5, 5.41) is 3.37. The second kappa shape index (κ2) is 6.09. The lowest BCUT2D eigenvalue weighted by Gasteiger charge is -2.31. The molecule has 2 aliphatic heterocycles. The first-order chi connectivity index (χ1) is 11.3. The van der Waals surface area contributed by atoms with Gasteiger partial charge < -0.3 is 14.8 Å². The van der Waals surface area contributed by atoms with E-state index in [4.69, 9.17) is 9.47 Å². The standard InChI is InChI=1S/C20H21NO2/c1-2-5-16(6-3-1)10-14-22-18-7-4-8-19-17(18)9-11-20(23-19)12-13-21-15-20/h1-9,11,21H,10,12-15H2. The molecule has 1 fully saturated rings. The van der Waals surface area contributed by atoms with Gasteiger partial charge in [-0.15, -0.1) is 0 Å². The van der Waals surface area contributed by atoms with E-state index in [0.717, 1.165) is 43.0 Å². The fourth-order valence-electron chi connectivity index (χ4n) is 3.23. The molecule has 3 heteroatoms. The predicted molar refractivity (Wildman–Crippen MR) is 92.0 cm³/mol. The van der Waals surface area contributed by atoms with Crippen molar-refractivity contribution in [2.24, 2.45) is 0 Å². The van der Waals surface area contributed by atoms with Crippen molar-refractivity contribution in [2.45, 2.75) is 18.4 Å². The van der Waals surface area contributed by atoms with Crippen LogP contribution in [0.2, 0.25) is 0 Å². The molecule has 0 amide bonds. The van der Waals surface area contributed by atoms with Gasteiger partial charge in [0.1, 0.15) is 17.1 Å². The minimum absolute atomic E-state index is 0.171. The molecule has 2 heterocycles. The van der Waals surface area contributed by atoms with Gasteiger partial charge in [0.25, 0.3) is 0 Å². The van der Waals surface area contributed by atoms with Gasteiger partial charge in [0.2, 0.25) is 0 Å². The highest BCUT2D eigenvalue weighted by Gasteiger charge is 2.36. The number of hydrogen-bond acceptors (Lipinski definition) is 3. The van der Waals surface area contributed by atoms with E-state index in [1.165, 1.54) is 5.56 Å². The fraction of sp³-hybridized carbons (Fsp3) is 0.300. The summed E-state index contributed by atoms with van der Waals surface area (Å²) >= 11 is 0. The maximum absolute atomic E-state index is 6.26. The lowest BCUT2D eigenvalue weighted by atomic mass is 9.97. The van der Waals surface area contributed by atoms with E-state index in [0.29, 0.717) is 6.61 Å². The Morgan fingerprint density at radius 1 is 1.09 bits per heavy atom. The molecule has 2 aromatic carbocycles. The molecule has 2 aromatic rings. The van der Waals surface area contributed by atoms with Gasteiger partial charge in [0.05, 0.1) is 12.2 Å². The molecule has 23 heavy (non-hydrogen) atoms.